The second kappa shape index (κ2) is 7.47. The second-order valence-electron chi connectivity index (χ2n) is 6.56. The number of carbonyl (C=O) groups excluding carboxylic acids is 1. The molecule has 2 aromatic rings. The minimum absolute atomic E-state index is 0.00241. The molecule has 0 spiro atoms. The van der Waals surface area contributed by atoms with Gasteiger partial charge in [-0.1, -0.05) is 12.1 Å². The number of carbonyl (C=O) groups is 1. The van der Waals surface area contributed by atoms with E-state index in [-0.39, 0.29) is 5.91 Å². The van der Waals surface area contributed by atoms with Crippen molar-refractivity contribution in [3.05, 3.63) is 59.4 Å². The molecule has 1 fully saturated rings. The van der Waals surface area contributed by atoms with Crippen LogP contribution in [-0.2, 0) is 6.54 Å². The lowest BCUT2D eigenvalue weighted by molar-refractivity contribution is 0.0784. The molecule has 0 radical (unpaired) electrons. The van der Waals surface area contributed by atoms with Gasteiger partial charge in [-0.2, -0.15) is 0 Å². The van der Waals surface area contributed by atoms with Crippen LogP contribution in [0.1, 0.15) is 40.9 Å². The summed E-state index contributed by atoms with van der Waals surface area (Å²) < 4.78 is 0. The highest BCUT2D eigenvalue weighted by Crippen LogP contribution is 2.20. The standard InChI is InChI=1S/C20H25N3O/c1-16-6-9-18(14-21-16)20(24)22(2)15-17-7-10-19(11-8-17)23-12-4-3-5-13-23/h6-11,14H,3-5,12-13,15H2,1-2H3. The van der Waals surface area contributed by atoms with E-state index in [1.54, 1.807) is 11.1 Å². The lowest BCUT2D eigenvalue weighted by Gasteiger charge is -2.29. The Kier molecular flexibility index (Phi) is 5.14. The first-order valence-corrected chi connectivity index (χ1v) is 8.65. The highest BCUT2D eigenvalue weighted by Gasteiger charge is 2.13. The predicted molar refractivity (Wildman–Crippen MR) is 97.3 cm³/mol. The molecule has 1 aliphatic rings. The second-order valence-corrected chi connectivity index (χ2v) is 6.56. The smallest absolute Gasteiger partial charge is 0.255 e. The van der Waals surface area contributed by atoms with E-state index < -0.39 is 0 Å². The van der Waals surface area contributed by atoms with Gasteiger partial charge in [-0.05, 0) is 56.0 Å². The van der Waals surface area contributed by atoms with E-state index in [2.05, 4.69) is 34.1 Å². The van der Waals surface area contributed by atoms with Crippen LogP contribution in [0.25, 0.3) is 0 Å². The molecule has 1 aromatic heterocycles. The number of aromatic nitrogens is 1. The van der Waals surface area contributed by atoms with E-state index in [9.17, 15) is 4.79 Å². The third kappa shape index (κ3) is 3.94. The van der Waals surface area contributed by atoms with Crippen LogP contribution in [0.15, 0.2) is 42.6 Å². The van der Waals surface area contributed by atoms with Crippen molar-refractivity contribution in [2.24, 2.45) is 0 Å². The number of hydrogen-bond acceptors (Lipinski definition) is 3. The molecule has 4 nitrogen and oxygen atoms in total. The normalized spacial score (nSPS) is 14.5. The van der Waals surface area contributed by atoms with Gasteiger partial charge in [0.05, 0.1) is 5.56 Å². The summed E-state index contributed by atoms with van der Waals surface area (Å²) in [6, 6.07) is 12.3. The Morgan fingerprint density at radius 3 is 2.42 bits per heavy atom. The van der Waals surface area contributed by atoms with Crippen LogP contribution < -0.4 is 4.90 Å². The molecule has 24 heavy (non-hydrogen) atoms. The van der Waals surface area contributed by atoms with Crippen molar-refractivity contribution in [3.8, 4) is 0 Å². The van der Waals surface area contributed by atoms with E-state index in [0.29, 0.717) is 12.1 Å². The van der Waals surface area contributed by atoms with Crippen molar-refractivity contribution in [1.82, 2.24) is 9.88 Å². The highest BCUT2D eigenvalue weighted by molar-refractivity contribution is 5.93. The fraction of sp³-hybridized carbons (Fsp3) is 0.400. The third-order valence-electron chi connectivity index (χ3n) is 4.58. The van der Waals surface area contributed by atoms with Crippen molar-refractivity contribution in [2.45, 2.75) is 32.7 Å². The molecule has 0 unspecified atom stereocenters. The molecule has 0 atom stereocenters. The van der Waals surface area contributed by atoms with Gasteiger partial charge in [-0.3, -0.25) is 9.78 Å². The van der Waals surface area contributed by atoms with Crippen LogP contribution in [0.3, 0.4) is 0 Å². The SMILES string of the molecule is Cc1ccc(C(=O)N(C)Cc2ccc(N3CCCCC3)cc2)cn1. The van der Waals surface area contributed by atoms with Crippen LogP contribution in [0.5, 0.6) is 0 Å². The van der Waals surface area contributed by atoms with Crippen LogP contribution in [-0.4, -0.2) is 35.9 Å². The molecule has 1 aromatic carbocycles. The molecule has 0 aliphatic carbocycles. The monoisotopic (exact) mass is 323 g/mol. The van der Waals surface area contributed by atoms with Gasteiger partial charge in [0, 0.05) is 44.3 Å². The molecule has 1 aliphatic heterocycles. The van der Waals surface area contributed by atoms with E-state index >= 15 is 0 Å². The summed E-state index contributed by atoms with van der Waals surface area (Å²) >= 11 is 0. The summed E-state index contributed by atoms with van der Waals surface area (Å²) in [6.45, 7) is 4.82. The van der Waals surface area contributed by atoms with Crippen molar-refractivity contribution in [3.63, 3.8) is 0 Å². The summed E-state index contributed by atoms with van der Waals surface area (Å²) in [6.07, 6.45) is 5.55. The summed E-state index contributed by atoms with van der Waals surface area (Å²) in [5, 5.41) is 0. The number of piperidine rings is 1. The number of pyridine rings is 1. The zero-order chi connectivity index (χ0) is 16.9. The van der Waals surface area contributed by atoms with Crippen molar-refractivity contribution in [1.29, 1.82) is 0 Å². The van der Waals surface area contributed by atoms with E-state index in [1.807, 2.05) is 26.1 Å². The van der Waals surface area contributed by atoms with Crippen molar-refractivity contribution < 1.29 is 4.79 Å². The molecule has 0 bridgehead atoms. The zero-order valence-corrected chi connectivity index (χ0v) is 14.5. The minimum Gasteiger partial charge on any atom is -0.372 e. The molecule has 1 saturated heterocycles. The molecule has 0 saturated carbocycles. The number of hydrogen-bond donors (Lipinski definition) is 0. The Morgan fingerprint density at radius 1 is 1.08 bits per heavy atom. The Balaban J connectivity index is 1.62. The number of anilines is 1. The number of rotatable bonds is 4. The van der Waals surface area contributed by atoms with Gasteiger partial charge in [0.15, 0.2) is 0 Å². The van der Waals surface area contributed by atoms with Crippen LogP contribution in [0.4, 0.5) is 5.69 Å². The number of nitrogens with zero attached hydrogens (tertiary/aromatic N) is 3. The fourth-order valence-electron chi connectivity index (χ4n) is 3.12. The Labute approximate surface area is 144 Å². The lowest BCUT2D eigenvalue weighted by Crippen LogP contribution is -2.29. The van der Waals surface area contributed by atoms with Gasteiger partial charge in [-0.15, -0.1) is 0 Å². The first kappa shape index (κ1) is 16.5. The van der Waals surface area contributed by atoms with Crippen LogP contribution in [0.2, 0.25) is 0 Å². The van der Waals surface area contributed by atoms with Crippen molar-refractivity contribution >= 4 is 11.6 Å². The van der Waals surface area contributed by atoms with E-state index in [4.69, 9.17) is 0 Å². The molecule has 0 N–H and O–H groups in total. The molecule has 126 valence electrons. The van der Waals surface area contributed by atoms with Gasteiger partial charge in [0.1, 0.15) is 0 Å². The molecular weight excluding hydrogens is 298 g/mol. The average molecular weight is 323 g/mol. The quantitative estimate of drug-likeness (QED) is 0.862. The molecule has 2 heterocycles. The first-order chi connectivity index (χ1) is 11.6. The third-order valence-corrected chi connectivity index (χ3v) is 4.58. The van der Waals surface area contributed by atoms with Crippen molar-refractivity contribution in [2.75, 3.05) is 25.0 Å². The summed E-state index contributed by atoms with van der Waals surface area (Å²) in [4.78, 5) is 20.8. The maximum absolute atomic E-state index is 12.5. The Bertz CT molecular complexity index is 673. The van der Waals surface area contributed by atoms with Gasteiger partial charge in [-0.25, -0.2) is 0 Å². The molecule has 3 rings (SSSR count). The van der Waals surface area contributed by atoms with E-state index in [0.717, 1.165) is 24.3 Å². The van der Waals surface area contributed by atoms with Gasteiger partial charge >= 0.3 is 0 Å². The van der Waals surface area contributed by atoms with Gasteiger partial charge in [0.25, 0.3) is 5.91 Å². The average Bonchev–Trinajstić information content (AvgIpc) is 2.63. The first-order valence-electron chi connectivity index (χ1n) is 8.65. The minimum atomic E-state index is 0.00241. The Morgan fingerprint density at radius 2 is 1.79 bits per heavy atom. The predicted octanol–water partition coefficient (Wildman–Crippen LogP) is 3.65. The van der Waals surface area contributed by atoms with Crippen LogP contribution >= 0.6 is 0 Å². The maximum Gasteiger partial charge on any atom is 0.255 e. The summed E-state index contributed by atoms with van der Waals surface area (Å²) in [7, 11) is 1.83. The highest BCUT2D eigenvalue weighted by atomic mass is 16.2. The maximum atomic E-state index is 12.5. The molecule has 4 heteroatoms. The molecule has 1 amide bonds. The van der Waals surface area contributed by atoms with Crippen LogP contribution in [0, 0.1) is 6.92 Å². The zero-order valence-electron chi connectivity index (χ0n) is 14.5. The topological polar surface area (TPSA) is 36.4 Å². The van der Waals surface area contributed by atoms with Gasteiger partial charge < -0.3 is 9.80 Å². The van der Waals surface area contributed by atoms with Gasteiger partial charge in [0.2, 0.25) is 0 Å². The number of amides is 1. The largest absolute Gasteiger partial charge is 0.372 e. The van der Waals surface area contributed by atoms with E-state index in [1.165, 1.54) is 24.9 Å². The lowest BCUT2D eigenvalue weighted by atomic mass is 10.1. The molecular formula is C20H25N3O. The fourth-order valence-corrected chi connectivity index (χ4v) is 3.12. The summed E-state index contributed by atoms with van der Waals surface area (Å²) in [5.74, 6) is 0.00241. The number of benzene rings is 1. The Hall–Kier alpha value is -2.36. The number of aryl methyl sites for hydroxylation is 1. The summed E-state index contributed by atoms with van der Waals surface area (Å²) in [5.41, 5.74) is 3.98.